The number of carbonyl (C=O) groups is 1. The Balaban J connectivity index is 2.06. The zero-order valence-electron chi connectivity index (χ0n) is 14.9. The number of rotatable bonds is 5. The number of esters is 1. The summed E-state index contributed by atoms with van der Waals surface area (Å²) in [7, 11) is 0. The van der Waals surface area contributed by atoms with E-state index in [9.17, 15) is 4.79 Å². The summed E-state index contributed by atoms with van der Waals surface area (Å²) in [6, 6.07) is 15.7. The summed E-state index contributed by atoms with van der Waals surface area (Å²) in [6.45, 7) is 6.09. The zero-order chi connectivity index (χ0) is 18.5. The first-order valence-electron chi connectivity index (χ1n) is 8.31. The van der Waals surface area contributed by atoms with E-state index in [0.29, 0.717) is 10.9 Å². The topological polar surface area (TPSA) is 65.0 Å². The summed E-state index contributed by atoms with van der Waals surface area (Å²) in [5.74, 6) is -0.0358. The van der Waals surface area contributed by atoms with Crippen LogP contribution in [0.2, 0.25) is 0 Å². The van der Waals surface area contributed by atoms with Gasteiger partial charge in [0.05, 0.1) is 6.61 Å². The second-order valence-electron chi connectivity index (χ2n) is 5.75. The van der Waals surface area contributed by atoms with Crippen molar-refractivity contribution >= 4 is 17.7 Å². The van der Waals surface area contributed by atoms with E-state index in [0.717, 1.165) is 21.6 Å². The Morgan fingerprint density at radius 3 is 2.58 bits per heavy atom. The Morgan fingerprint density at radius 2 is 1.85 bits per heavy atom. The predicted molar refractivity (Wildman–Crippen MR) is 101 cm³/mol. The molecule has 0 radical (unpaired) electrons. The van der Waals surface area contributed by atoms with Crippen molar-refractivity contribution in [1.29, 1.82) is 0 Å². The van der Waals surface area contributed by atoms with Gasteiger partial charge in [0.15, 0.2) is 5.82 Å². The maximum Gasteiger partial charge on any atom is 0.361 e. The molecule has 5 nitrogen and oxygen atoms in total. The summed E-state index contributed by atoms with van der Waals surface area (Å²) < 4.78 is 5.11. The van der Waals surface area contributed by atoms with E-state index in [2.05, 4.69) is 33.4 Å². The average Bonchev–Trinajstić information content (AvgIpc) is 2.65. The molecule has 0 N–H and O–H groups in total. The van der Waals surface area contributed by atoms with Gasteiger partial charge in [0.2, 0.25) is 5.69 Å². The van der Waals surface area contributed by atoms with Crippen LogP contribution in [0.1, 0.15) is 28.5 Å². The SMILES string of the molecule is CCOC(=O)c1nnc(-c2ccccc2)nc1Sc1cc(C)ccc1C. The van der Waals surface area contributed by atoms with Crippen LogP contribution in [-0.2, 0) is 4.74 Å². The zero-order valence-corrected chi connectivity index (χ0v) is 15.7. The molecule has 0 bridgehead atoms. The van der Waals surface area contributed by atoms with Crippen molar-refractivity contribution in [2.75, 3.05) is 6.61 Å². The van der Waals surface area contributed by atoms with Gasteiger partial charge in [-0.05, 0) is 38.0 Å². The van der Waals surface area contributed by atoms with Crippen LogP contribution < -0.4 is 0 Å². The highest BCUT2D eigenvalue weighted by Crippen LogP contribution is 2.32. The van der Waals surface area contributed by atoms with E-state index in [1.807, 2.05) is 44.2 Å². The van der Waals surface area contributed by atoms with Crippen molar-refractivity contribution in [2.24, 2.45) is 0 Å². The number of aryl methyl sites for hydroxylation is 2. The number of nitrogens with zero attached hydrogens (tertiary/aromatic N) is 3. The molecule has 3 aromatic rings. The third kappa shape index (κ3) is 4.08. The summed E-state index contributed by atoms with van der Waals surface area (Å²) in [5.41, 5.74) is 3.23. The number of carbonyl (C=O) groups excluding carboxylic acids is 1. The molecule has 0 saturated heterocycles. The van der Waals surface area contributed by atoms with Gasteiger partial charge < -0.3 is 4.74 Å². The Kier molecular flexibility index (Phi) is 5.63. The van der Waals surface area contributed by atoms with E-state index >= 15 is 0 Å². The third-order valence-corrected chi connectivity index (χ3v) is 4.84. The van der Waals surface area contributed by atoms with Crippen molar-refractivity contribution in [1.82, 2.24) is 15.2 Å². The molecule has 6 heteroatoms. The first-order chi connectivity index (χ1) is 12.6. The number of hydrogen-bond acceptors (Lipinski definition) is 6. The van der Waals surface area contributed by atoms with Crippen LogP contribution in [0.4, 0.5) is 0 Å². The van der Waals surface area contributed by atoms with Crippen LogP contribution in [-0.4, -0.2) is 27.8 Å². The molecular formula is C20H19N3O2S. The van der Waals surface area contributed by atoms with Crippen molar-refractivity contribution in [2.45, 2.75) is 30.7 Å². The van der Waals surface area contributed by atoms with Gasteiger partial charge in [-0.3, -0.25) is 0 Å². The molecule has 1 aromatic heterocycles. The lowest BCUT2D eigenvalue weighted by atomic mass is 10.2. The number of ether oxygens (including phenoxy) is 1. The quantitative estimate of drug-likeness (QED) is 0.621. The number of aromatic nitrogens is 3. The monoisotopic (exact) mass is 365 g/mol. The van der Waals surface area contributed by atoms with Gasteiger partial charge in [-0.1, -0.05) is 54.2 Å². The van der Waals surface area contributed by atoms with E-state index in [1.54, 1.807) is 6.92 Å². The molecule has 26 heavy (non-hydrogen) atoms. The van der Waals surface area contributed by atoms with Gasteiger partial charge in [0.25, 0.3) is 0 Å². The second kappa shape index (κ2) is 8.10. The van der Waals surface area contributed by atoms with E-state index in [1.165, 1.54) is 11.8 Å². The molecule has 0 spiro atoms. The van der Waals surface area contributed by atoms with Gasteiger partial charge >= 0.3 is 5.97 Å². The molecule has 0 fully saturated rings. The normalized spacial score (nSPS) is 10.6. The van der Waals surface area contributed by atoms with Crippen molar-refractivity contribution < 1.29 is 9.53 Å². The third-order valence-electron chi connectivity index (χ3n) is 3.71. The van der Waals surface area contributed by atoms with Crippen molar-refractivity contribution in [3.05, 3.63) is 65.4 Å². The lowest BCUT2D eigenvalue weighted by Crippen LogP contribution is -2.12. The highest BCUT2D eigenvalue weighted by Gasteiger charge is 2.20. The van der Waals surface area contributed by atoms with Crippen LogP contribution in [0.15, 0.2) is 58.5 Å². The molecule has 132 valence electrons. The van der Waals surface area contributed by atoms with Crippen LogP contribution >= 0.6 is 11.8 Å². The first-order valence-corrected chi connectivity index (χ1v) is 9.12. The molecule has 0 amide bonds. The minimum Gasteiger partial charge on any atom is -0.461 e. The van der Waals surface area contributed by atoms with Gasteiger partial charge in [-0.15, -0.1) is 10.2 Å². The molecule has 2 aromatic carbocycles. The molecule has 0 atom stereocenters. The van der Waals surface area contributed by atoms with E-state index in [-0.39, 0.29) is 12.3 Å². The molecule has 1 heterocycles. The minimum absolute atomic E-state index is 0.137. The lowest BCUT2D eigenvalue weighted by Gasteiger charge is -2.10. The Hall–Kier alpha value is -2.73. The van der Waals surface area contributed by atoms with Crippen LogP contribution in [0.25, 0.3) is 11.4 Å². The van der Waals surface area contributed by atoms with Gasteiger partial charge in [-0.25, -0.2) is 9.78 Å². The van der Waals surface area contributed by atoms with Crippen LogP contribution in [0.3, 0.4) is 0 Å². The van der Waals surface area contributed by atoms with E-state index < -0.39 is 5.97 Å². The maximum atomic E-state index is 12.3. The fourth-order valence-electron chi connectivity index (χ4n) is 2.34. The lowest BCUT2D eigenvalue weighted by molar-refractivity contribution is 0.0512. The molecule has 0 saturated carbocycles. The Labute approximate surface area is 156 Å². The summed E-state index contributed by atoms with van der Waals surface area (Å²) in [5, 5.41) is 8.72. The van der Waals surface area contributed by atoms with E-state index in [4.69, 9.17) is 4.74 Å². The number of hydrogen-bond donors (Lipinski definition) is 0. The molecule has 0 unspecified atom stereocenters. The minimum atomic E-state index is -0.514. The fourth-order valence-corrected chi connectivity index (χ4v) is 3.38. The fraction of sp³-hybridized carbons (Fsp3) is 0.200. The predicted octanol–water partition coefficient (Wildman–Crippen LogP) is 4.48. The summed E-state index contributed by atoms with van der Waals surface area (Å²) in [4.78, 5) is 17.9. The van der Waals surface area contributed by atoms with Gasteiger partial charge in [-0.2, -0.15) is 0 Å². The smallest absolute Gasteiger partial charge is 0.361 e. The van der Waals surface area contributed by atoms with Gasteiger partial charge in [0, 0.05) is 10.5 Å². The van der Waals surface area contributed by atoms with Crippen molar-refractivity contribution in [3.8, 4) is 11.4 Å². The van der Waals surface area contributed by atoms with Crippen LogP contribution in [0, 0.1) is 13.8 Å². The molecule has 3 rings (SSSR count). The average molecular weight is 365 g/mol. The molecule has 0 aliphatic heterocycles. The maximum absolute atomic E-state index is 12.3. The highest BCUT2D eigenvalue weighted by atomic mass is 32.2. The standard InChI is InChI=1S/C20H19N3O2S/c1-4-25-20(24)17-19(26-16-12-13(2)10-11-14(16)3)21-18(23-22-17)15-8-6-5-7-9-15/h5-12H,4H2,1-3H3. The second-order valence-corrected chi connectivity index (χ2v) is 6.78. The van der Waals surface area contributed by atoms with Gasteiger partial charge in [0.1, 0.15) is 5.03 Å². The number of benzene rings is 2. The highest BCUT2D eigenvalue weighted by molar-refractivity contribution is 7.99. The molecule has 0 aliphatic carbocycles. The molecule has 0 aliphatic rings. The van der Waals surface area contributed by atoms with Crippen LogP contribution in [0.5, 0.6) is 0 Å². The largest absolute Gasteiger partial charge is 0.461 e. The Bertz CT molecular complexity index is 930. The Morgan fingerprint density at radius 1 is 1.08 bits per heavy atom. The summed E-state index contributed by atoms with van der Waals surface area (Å²) >= 11 is 1.40. The molecular weight excluding hydrogens is 346 g/mol. The first kappa shape index (κ1) is 18.1. The van der Waals surface area contributed by atoms with Crippen molar-refractivity contribution in [3.63, 3.8) is 0 Å². The summed E-state index contributed by atoms with van der Waals surface area (Å²) in [6.07, 6.45) is 0.